The molecule has 5 heteroatoms. The van der Waals surface area contributed by atoms with E-state index in [-0.39, 0.29) is 5.92 Å². The molecule has 1 saturated heterocycles. The van der Waals surface area contributed by atoms with Crippen LogP contribution in [0, 0.1) is 11.3 Å². The second-order valence-corrected chi connectivity index (χ2v) is 8.10. The van der Waals surface area contributed by atoms with E-state index in [1.54, 1.807) is 0 Å². The van der Waals surface area contributed by atoms with E-state index in [9.17, 15) is 9.90 Å². The SMILES string of the molecule is CCC(C)c1nc(N2CCC(C(C)(C)C)C2)sc1C(=O)O. The second kappa shape index (κ2) is 5.95. The van der Waals surface area contributed by atoms with E-state index in [1.165, 1.54) is 11.3 Å². The molecule has 1 aliphatic rings. The minimum absolute atomic E-state index is 0.196. The van der Waals surface area contributed by atoms with Crippen LogP contribution in [0.25, 0.3) is 0 Å². The fourth-order valence-electron chi connectivity index (χ4n) is 2.78. The van der Waals surface area contributed by atoms with Crippen LogP contribution in [0.15, 0.2) is 0 Å². The first-order valence-corrected chi connectivity index (χ1v) is 8.54. The predicted molar refractivity (Wildman–Crippen MR) is 87.6 cm³/mol. The molecule has 1 N–H and O–H groups in total. The van der Waals surface area contributed by atoms with Crippen LogP contribution in [0.5, 0.6) is 0 Å². The molecule has 0 amide bonds. The van der Waals surface area contributed by atoms with Gasteiger partial charge >= 0.3 is 5.97 Å². The molecule has 4 nitrogen and oxygen atoms in total. The minimum atomic E-state index is -0.847. The van der Waals surface area contributed by atoms with Gasteiger partial charge in [-0.3, -0.25) is 0 Å². The van der Waals surface area contributed by atoms with E-state index in [0.29, 0.717) is 16.2 Å². The fraction of sp³-hybridized carbons (Fsp3) is 0.750. The molecule has 21 heavy (non-hydrogen) atoms. The lowest BCUT2D eigenvalue weighted by atomic mass is 9.80. The van der Waals surface area contributed by atoms with Crippen LogP contribution in [-0.2, 0) is 0 Å². The molecule has 0 aliphatic carbocycles. The number of aromatic nitrogens is 1. The maximum absolute atomic E-state index is 11.4. The van der Waals surface area contributed by atoms with Gasteiger partial charge in [0.2, 0.25) is 0 Å². The molecule has 1 aromatic heterocycles. The number of hydrogen-bond donors (Lipinski definition) is 1. The van der Waals surface area contributed by atoms with Crippen molar-refractivity contribution in [1.82, 2.24) is 4.98 Å². The Morgan fingerprint density at radius 2 is 2.19 bits per heavy atom. The van der Waals surface area contributed by atoms with Gasteiger partial charge in [0.15, 0.2) is 5.13 Å². The summed E-state index contributed by atoms with van der Waals surface area (Å²) < 4.78 is 0. The number of carboxylic acid groups (broad SMARTS) is 1. The monoisotopic (exact) mass is 310 g/mol. The standard InChI is InChI=1S/C16H26N2O2S/c1-6-10(2)12-13(14(19)20)21-15(17-12)18-8-7-11(9-18)16(3,4)5/h10-11H,6-9H2,1-5H3,(H,19,20). The van der Waals surface area contributed by atoms with Crippen LogP contribution >= 0.6 is 11.3 Å². The van der Waals surface area contributed by atoms with Gasteiger partial charge in [-0.05, 0) is 30.1 Å². The first-order chi connectivity index (χ1) is 9.74. The molecule has 1 fully saturated rings. The van der Waals surface area contributed by atoms with Crippen molar-refractivity contribution in [3.63, 3.8) is 0 Å². The van der Waals surface area contributed by atoms with E-state index < -0.39 is 5.97 Å². The molecule has 2 atom stereocenters. The van der Waals surface area contributed by atoms with Crippen molar-refractivity contribution in [2.24, 2.45) is 11.3 Å². The molecule has 1 aromatic rings. The third kappa shape index (κ3) is 3.39. The van der Waals surface area contributed by atoms with E-state index in [4.69, 9.17) is 0 Å². The summed E-state index contributed by atoms with van der Waals surface area (Å²) in [4.78, 5) is 18.8. The zero-order valence-electron chi connectivity index (χ0n) is 13.6. The Hall–Kier alpha value is -1.10. The molecule has 2 heterocycles. The van der Waals surface area contributed by atoms with Crippen LogP contribution in [0.1, 0.15) is 68.7 Å². The maximum Gasteiger partial charge on any atom is 0.347 e. The van der Waals surface area contributed by atoms with Gasteiger partial charge in [0.1, 0.15) is 4.88 Å². The Morgan fingerprint density at radius 1 is 1.52 bits per heavy atom. The van der Waals surface area contributed by atoms with Crippen LogP contribution in [0.4, 0.5) is 5.13 Å². The molecule has 0 aromatic carbocycles. The van der Waals surface area contributed by atoms with Gasteiger partial charge in [-0.2, -0.15) is 0 Å². The smallest absolute Gasteiger partial charge is 0.347 e. The average molecular weight is 310 g/mol. The molecule has 0 saturated carbocycles. The van der Waals surface area contributed by atoms with E-state index >= 15 is 0 Å². The molecule has 0 bridgehead atoms. The summed E-state index contributed by atoms with van der Waals surface area (Å²) in [5.74, 6) is -0.00976. The van der Waals surface area contributed by atoms with Crippen molar-refractivity contribution in [3.8, 4) is 0 Å². The maximum atomic E-state index is 11.4. The first kappa shape index (κ1) is 16.3. The van der Waals surface area contributed by atoms with E-state index in [2.05, 4.69) is 37.6 Å². The summed E-state index contributed by atoms with van der Waals surface area (Å²) in [6.45, 7) is 12.9. The van der Waals surface area contributed by atoms with Gasteiger partial charge in [0, 0.05) is 13.1 Å². The minimum Gasteiger partial charge on any atom is -0.477 e. The molecule has 0 radical (unpaired) electrons. The summed E-state index contributed by atoms with van der Waals surface area (Å²) >= 11 is 1.34. The van der Waals surface area contributed by atoms with E-state index in [0.717, 1.165) is 36.8 Å². The lowest BCUT2D eigenvalue weighted by Gasteiger charge is -2.26. The Balaban J connectivity index is 2.24. The number of hydrogen-bond acceptors (Lipinski definition) is 4. The number of anilines is 1. The topological polar surface area (TPSA) is 53.4 Å². The highest BCUT2D eigenvalue weighted by molar-refractivity contribution is 7.17. The van der Waals surface area contributed by atoms with Gasteiger partial charge in [-0.1, -0.05) is 46.0 Å². The number of carboxylic acids is 1. The van der Waals surface area contributed by atoms with Gasteiger partial charge in [0.05, 0.1) is 5.69 Å². The Labute approximate surface area is 131 Å². The zero-order valence-corrected chi connectivity index (χ0v) is 14.5. The van der Waals surface area contributed by atoms with Crippen molar-refractivity contribution in [2.45, 2.75) is 53.4 Å². The number of carbonyl (C=O) groups is 1. The summed E-state index contributed by atoms with van der Waals surface area (Å²) in [6, 6.07) is 0. The van der Waals surface area contributed by atoms with Gasteiger partial charge < -0.3 is 10.0 Å². The molecule has 1 aliphatic heterocycles. The first-order valence-electron chi connectivity index (χ1n) is 7.73. The molecule has 2 unspecified atom stereocenters. The molecular weight excluding hydrogens is 284 g/mol. The van der Waals surface area contributed by atoms with Crippen molar-refractivity contribution >= 4 is 22.4 Å². The third-order valence-corrected chi connectivity index (χ3v) is 5.72. The van der Waals surface area contributed by atoms with Crippen molar-refractivity contribution in [3.05, 3.63) is 10.6 Å². The normalized spacial score (nSPS) is 20.8. The van der Waals surface area contributed by atoms with Gasteiger partial charge in [-0.15, -0.1) is 0 Å². The largest absolute Gasteiger partial charge is 0.477 e. The summed E-state index contributed by atoms with van der Waals surface area (Å²) in [5, 5.41) is 10.3. The van der Waals surface area contributed by atoms with Crippen molar-refractivity contribution in [1.29, 1.82) is 0 Å². The second-order valence-electron chi connectivity index (χ2n) is 7.12. The van der Waals surface area contributed by atoms with Crippen LogP contribution in [0.2, 0.25) is 0 Å². The number of aromatic carboxylic acids is 1. The average Bonchev–Trinajstić information content (AvgIpc) is 3.03. The van der Waals surface area contributed by atoms with Gasteiger partial charge in [-0.25, -0.2) is 9.78 Å². The van der Waals surface area contributed by atoms with Crippen molar-refractivity contribution < 1.29 is 9.90 Å². The quantitative estimate of drug-likeness (QED) is 0.904. The predicted octanol–water partition coefficient (Wildman–Crippen LogP) is 4.23. The summed E-state index contributed by atoms with van der Waals surface area (Å²) in [7, 11) is 0. The summed E-state index contributed by atoms with van der Waals surface area (Å²) in [5.41, 5.74) is 1.05. The van der Waals surface area contributed by atoms with E-state index in [1.807, 2.05) is 6.92 Å². The lowest BCUT2D eigenvalue weighted by molar-refractivity contribution is 0.0700. The Morgan fingerprint density at radius 3 is 2.67 bits per heavy atom. The van der Waals surface area contributed by atoms with Crippen LogP contribution < -0.4 is 4.90 Å². The van der Waals surface area contributed by atoms with Crippen LogP contribution in [-0.4, -0.2) is 29.1 Å². The molecular formula is C16H26N2O2S. The lowest BCUT2D eigenvalue weighted by Crippen LogP contribution is -2.25. The summed E-state index contributed by atoms with van der Waals surface area (Å²) in [6.07, 6.45) is 2.07. The molecule has 0 spiro atoms. The highest BCUT2D eigenvalue weighted by Crippen LogP contribution is 2.38. The highest BCUT2D eigenvalue weighted by atomic mass is 32.1. The molecule has 2 rings (SSSR count). The zero-order chi connectivity index (χ0) is 15.8. The fourth-order valence-corrected chi connectivity index (χ4v) is 3.84. The number of rotatable bonds is 4. The van der Waals surface area contributed by atoms with Crippen LogP contribution in [0.3, 0.4) is 0 Å². The molecule has 118 valence electrons. The number of nitrogens with zero attached hydrogens (tertiary/aromatic N) is 2. The Kier molecular flexibility index (Phi) is 4.61. The van der Waals surface area contributed by atoms with Crippen molar-refractivity contribution in [2.75, 3.05) is 18.0 Å². The third-order valence-electron chi connectivity index (χ3n) is 4.60. The number of thiazole rings is 1. The Bertz CT molecular complexity index is 519. The van der Waals surface area contributed by atoms with Gasteiger partial charge in [0.25, 0.3) is 0 Å². The highest BCUT2D eigenvalue weighted by Gasteiger charge is 2.34.